The first-order valence-corrected chi connectivity index (χ1v) is 3.04. The van der Waals surface area contributed by atoms with E-state index in [1.165, 1.54) is 11.2 Å². The number of nitrogens with one attached hydrogen (secondary N) is 2. The second-order valence-corrected chi connectivity index (χ2v) is 2.16. The van der Waals surface area contributed by atoms with E-state index in [0.717, 1.165) is 0 Å². The van der Waals surface area contributed by atoms with Crippen LogP contribution in [0, 0.1) is 0 Å². The molecule has 6 heteroatoms. The summed E-state index contributed by atoms with van der Waals surface area (Å²) in [6, 6.07) is -0.234. The number of carbonyl (C=O) groups excluding carboxylic acids is 1. The van der Waals surface area contributed by atoms with Gasteiger partial charge in [0.1, 0.15) is 6.33 Å². The molecule has 0 unspecified atom stereocenters. The third-order valence-electron chi connectivity index (χ3n) is 1.05. The van der Waals surface area contributed by atoms with Gasteiger partial charge in [-0.25, -0.2) is 9.89 Å². The molecule has 0 aromatic carbocycles. The average molecular weight is 155 g/mol. The van der Waals surface area contributed by atoms with Gasteiger partial charge >= 0.3 is 6.03 Å². The zero-order valence-electron chi connectivity index (χ0n) is 6.33. The van der Waals surface area contributed by atoms with Gasteiger partial charge in [-0.2, -0.15) is 10.1 Å². The van der Waals surface area contributed by atoms with E-state index in [-0.39, 0.29) is 6.03 Å². The van der Waals surface area contributed by atoms with Crippen LogP contribution in [0.15, 0.2) is 6.33 Å². The van der Waals surface area contributed by atoms with Gasteiger partial charge in [-0.1, -0.05) is 0 Å². The van der Waals surface area contributed by atoms with E-state index in [2.05, 4.69) is 20.5 Å². The summed E-state index contributed by atoms with van der Waals surface area (Å²) in [7, 11) is 3.29. The minimum Gasteiger partial charge on any atom is -0.331 e. The van der Waals surface area contributed by atoms with Crippen LogP contribution in [-0.2, 0) is 0 Å². The predicted molar refractivity (Wildman–Crippen MR) is 39.1 cm³/mol. The van der Waals surface area contributed by atoms with Crippen LogP contribution in [0.5, 0.6) is 0 Å². The summed E-state index contributed by atoms with van der Waals surface area (Å²) in [5.41, 5.74) is 0. The summed E-state index contributed by atoms with van der Waals surface area (Å²) < 4.78 is 0. The molecule has 1 heterocycles. The van der Waals surface area contributed by atoms with E-state index in [0.29, 0.717) is 5.95 Å². The lowest BCUT2D eigenvalue weighted by molar-refractivity contribution is 0.230. The normalized spacial score (nSPS) is 9.27. The van der Waals surface area contributed by atoms with Crippen LogP contribution >= 0.6 is 0 Å². The molecule has 1 rings (SSSR count). The number of aromatic nitrogens is 3. The lowest BCUT2D eigenvalue weighted by atomic mass is 10.8. The van der Waals surface area contributed by atoms with Crippen molar-refractivity contribution in [2.24, 2.45) is 0 Å². The number of carbonyl (C=O) groups is 1. The Bertz CT molecular complexity index is 229. The Hall–Kier alpha value is -1.59. The molecule has 6 nitrogen and oxygen atoms in total. The Morgan fingerprint density at radius 2 is 2.45 bits per heavy atom. The van der Waals surface area contributed by atoms with Gasteiger partial charge in [0.2, 0.25) is 5.95 Å². The molecule has 60 valence electrons. The molecule has 0 bridgehead atoms. The van der Waals surface area contributed by atoms with Crippen LogP contribution in [0.2, 0.25) is 0 Å². The van der Waals surface area contributed by atoms with Gasteiger partial charge in [0.25, 0.3) is 0 Å². The molecule has 0 aliphatic heterocycles. The molecule has 2 N–H and O–H groups in total. The number of anilines is 1. The van der Waals surface area contributed by atoms with E-state index < -0.39 is 0 Å². The van der Waals surface area contributed by atoms with Gasteiger partial charge in [-0.05, 0) is 0 Å². The number of H-pyrrole nitrogens is 1. The second-order valence-electron chi connectivity index (χ2n) is 2.16. The number of aromatic amines is 1. The van der Waals surface area contributed by atoms with Crippen molar-refractivity contribution < 1.29 is 4.79 Å². The molecule has 0 fully saturated rings. The van der Waals surface area contributed by atoms with Gasteiger partial charge in [-0.15, -0.1) is 0 Å². The number of nitrogens with zero attached hydrogens (tertiary/aromatic N) is 3. The lowest BCUT2D eigenvalue weighted by Crippen LogP contribution is -2.27. The summed E-state index contributed by atoms with van der Waals surface area (Å²) in [4.78, 5) is 16.1. The summed E-state index contributed by atoms with van der Waals surface area (Å²) in [5.74, 6) is 0.351. The molecule has 0 aliphatic carbocycles. The SMILES string of the molecule is CN(C)C(=O)Nc1ncn[nH]1. The van der Waals surface area contributed by atoms with Crippen molar-refractivity contribution in [1.29, 1.82) is 0 Å². The summed E-state index contributed by atoms with van der Waals surface area (Å²) >= 11 is 0. The van der Waals surface area contributed by atoms with E-state index in [1.54, 1.807) is 14.1 Å². The first kappa shape index (κ1) is 7.52. The van der Waals surface area contributed by atoms with Crippen LogP contribution in [0.25, 0.3) is 0 Å². The van der Waals surface area contributed by atoms with Gasteiger partial charge in [0, 0.05) is 14.1 Å². The maximum absolute atomic E-state index is 10.9. The molecule has 0 saturated carbocycles. The van der Waals surface area contributed by atoms with Crippen LogP contribution in [0.4, 0.5) is 10.7 Å². The quantitative estimate of drug-likeness (QED) is 0.594. The average Bonchev–Trinajstić information content (AvgIpc) is 2.39. The van der Waals surface area contributed by atoms with Crippen LogP contribution < -0.4 is 5.32 Å². The Labute approximate surface area is 63.6 Å². The van der Waals surface area contributed by atoms with Crippen molar-refractivity contribution in [3.8, 4) is 0 Å². The second kappa shape index (κ2) is 3.00. The highest BCUT2D eigenvalue weighted by atomic mass is 16.2. The molecule has 0 spiro atoms. The highest BCUT2D eigenvalue weighted by Crippen LogP contribution is 1.93. The minimum absolute atomic E-state index is 0.234. The van der Waals surface area contributed by atoms with Crippen molar-refractivity contribution in [1.82, 2.24) is 20.1 Å². The molecule has 1 aromatic heterocycles. The molecular weight excluding hydrogens is 146 g/mol. The Morgan fingerprint density at radius 3 is 2.91 bits per heavy atom. The molecule has 0 aliphatic rings. The van der Waals surface area contributed by atoms with Crippen molar-refractivity contribution >= 4 is 12.0 Å². The number of hydrogen-bond acceptors (Lipinski definition) is 3. The van der Waals surface area contributed by atoms with Gasteiger partial charge < -0.3 is 4.90 Å². The topological polar surface area (TPSA) is 73.9 Å². The van der Waals surface area contributed by atoms with Crippen molar-refractivity contribution in [2.75, 3.05) is 19.4 Å². The molecule has 0 radical (unpaired) electrons. The summed E-state index contributed by atoms with van der Waals surface area (Å²) in [6.07, 6.45) is 1.32. The number of hydrogen-bond donors (Lipinski definition) is 2. The van der Waals surface area contributed by atoms with Gasteiger partial charge in [-0.3, -0.25) is 5.32 Å². The largest absolute Gasteiger partial charge is 0.331 e. The van der Waals surface area contributed by atoms with E-state index >= 15 is 0 Å². The zero-order chi connectivity index (χ0) is 8.27. The number of urea groups is 1. The minimum atomic E-state index is -0.234. The van der Waals surface area contributed by atoms with Crippen LogP contribution in [-0.4, -0.2) is 40.2 Å². The molecule has 0 saturated heterocycles. The van der Waals surface area contributed by atoms with Gasteiger partial charge in [0.05, 0.1) is 0 Å². The molecular formula is C5H9N5O. The fourth-order valence-electron chi connectivity index (χ4n) is 0.479. The fourth-order valence-corrected chi connectivity index (χ4v) is 0.479. The number of amides is 2. The number of rotatable bonds is 1. The zero-order valence-corrected chi connectivity index (χ0v) is 6.33. The van der Waals surface area contributed by atoms with Crippen LogP contribution in [0.1, 0.15) is 0 Å². The van der Waals surface area contributed by atoms with E-state index in [4.69, 9.17) is 0 Å². The molecule has 1 aromatic rings. The lowest BCUT2D eigenvalue weighted by Gasteiger charge is -2.08. The fraction of sp³-hybridized carbons (Fsp3) is 0.400. The first-order valence-electron chi connectivity index (χ1n) is 3.04. The third-order valence-corrected chi connectivity index (χ3v) is 1.05. The maximum atomic E-state index is 10.9. The molecule has 2 amide bonds. The maximum Gasteiger partial charge on any atom is 0.323 e. The van der Waals surface area contributed by atoms with Crippen molar-refractivity contribution in [3.05, 3.63) is 6.33 Å². The van der Waals surface area contributed by atoms with Crippen molar-refractivity contribution in [3.63, 3.8) is 0 Å². The Balaban J connectivity index is 2.50. The monoisotopic (exact) mass is 155 g/mol. The van der Waals surface area contributed by atoms with Gasteiger partial charge in [0.15, 0.2) is 0 Å². The third kappa shape index (κ3) is 1.92. The Kier molecular flexibility index (Phi) is 2.05. The summed E-state index contributed by atoms with van der Waals surface area (Å²) in [5, 5.41) is 8.55. The Morgan fingerprint density at radius 1 is 1.73 bits per heavy atom. The standard InChI is InChI=1S/C5H9N5O/c1-10(2)5(11)8-4-6-3-7-9-4/h3H,1-2H3,(H2,6,7,8,9,11). The molecule has 11 heavy (non-hydrogen) atoms. The van der Waals surface area contributed by atoms with Crippen LogP contribution in [0.3, 0.4) is 0 Å². The summed E-state index contributed by atoms with van der Waals surface area (Å²) in [6.45, 7) is 0. The van der Waals surface area contributed by atoms with Crippen molar-refractivity contribution in [2.45, 2.75) is 0 Å². The van der Waals surface area contributed by atoms with E-state index in [9.17, 15) is 4.79 Å². The predicted octanol–water partition coefficient (Wildman–Crippen LogP) is -0.102. The van der Waals surface area contributed by atoms with E-state index in [1.807, 2.05) is 0 Å². The smallest absolute Gasteiger partial charge is 0.323 e. The highest BCUT2D eigenvalue weighted by Gasteiger charge is 2.03. The first-order chi connectivity index (χ1) is 5.20. The molecule has 0 atom stereocenters. The highest BCUT2D eigenvalue weighted by molar-refractivity contribution is 5.86.